The van der Waals surface area contributed by atoms with Crippen LogP contribution in [0.3, 0.4) is 0 Å². The lowest BCUT2D eigenvalue weighted by Crippen LogP contribution is -2.38. The molecule has 1 aliphatic heterocycles. The average molecular weight is 488 g/mol. The highest BCUT2D eigenvalue weighted by atomic mass is 32.2. The van der Waals surface area contributed by atoms with Crippen LogP contribution in [0.1, 0.15) is 40.9 Å². The van der Waals surface area contributed by atoms with Crippen molar-refractivity contribution in [1.82, 2.24) is 9.88 Å². The number of aromatic hydroxyl groups is 1. The van der Waals surface area contributed by atoms with Gasteiger partial charge in [0, 0.05) is 37.3 Å². The van der Waals surface area contributed by atoms with Crippen LogP contribution in [-0.2, 0) is 23.0 Å². The van der Waals surface area contributed by atoms with Gasteiger partial charge in [0.2, 0.25) is 10.0 Å². The van der Waals surface area contributed by atoms with Crippen molar-refractivity contribution in [2.24, 2.45) is 0 Å². The number of sulfonamides is 1. The first-order chi connectivity index (χ1) is 15.8. The maximum absolute atomic E-state index is 13.3. The Labute approximate surface area is 197 Å². The van der Waals surface area contributed by atoms with Crippen molar-refractivity contribution in [1.29, 1.82) is 0 Å². The Morgan fingerprint density at radius 3 is 2.44 bits per heavy atom. The molecule has 0 aliphatic carbocycles. The van der Waals surface area contributed by atoms with E-state index in [1.165, 1.54) is 30.3 Å². The smallest absolute Gasteiger partial charge is 0.258 e. The van der Waals surface area contributed by atoms with Crippen molar-refractivity contribution >= 4 is 32.5 Å². The number of halogens is 1. The summed E-state index contributed by atoms with van der Waals surface area (Å²) in [6, 6.07) is 7.74. The first-order valence-corrected chi connectivity index (χ1v) is 12.5. The highest BCUT2D eigenvalue weighted by Crippen LogP contribution is 2.44. The highest BCUT2D eigenvalue weighted by molar-refractivity contribution is 7.92. The maximum Gasteiger partial charge on any atom is 0.258 e. The molecule has 0 saturated heterocycles. The van der Waals surface area contributed by atoms with E-state index in [1.807, 2.05) is 0 Å². The fourth-order valence-corrected chi connectivity index (χ4v) is 4.82. The predicted molar refractivity (Wildman–Crippen MR) is 127 cm³/mol. The summed E-state index contributed by atoms with van der Waals surface area (Å²) in [5.74, 6) is -1.18. The standard InChI is InChI=1S/C24H26FN3O5S/c1-24(2,31)13-28-12-18-19(23(28)30)22(29)20-17(21(18)27(3)34(4,32)33)10-15(11-26-20)9-14-5-7-16(25)8-6-14/h5-8,10-11,29,31H,9,12-13H2,1-4H3. The van der Waals surface area contributed by atoms with Crippen molar-refractivity contribution in [3.8, 4) is 5.75 Å². The topological polar surface area (TPSA) is 111 Å². The lowest BCUT2D eigenvalue weighted by Gasteiger charge is -2.25. The van der Waals surface area contributed by atoms with Gasteiger partial charge in [-0.3, -0.25) is 14.1 Å². The number of pyridine rings is 1. The zero-order chi connectivity index (χ0) is 25.0. The lowest BCUT2D eigenvalue weighted by atomic mass is 9.98. The quantitative estimate of drug-likeness (QED) is 0.553. The Kier molecular flexibility index (Phi) is 5.77. The summed E-state index contributed by atoms with van der Waals surface area (Å²) >= 11 is 0. The van der Waals surface area contributed by atoms with Crippen molar-refractivity contribution in [2.45, 2.75) is 32.4 Å². The van der Waals surface area contributed by atoms with Crippen LogP contribution in [0.2, 0.25) is 0 Å². The van der Waals surface area contributed by atoms with Gasteiger partial charge >= 0.3 is 0 Å². The number of fused-ring (bicyclic) bond motifs is 2. The van der Waals surface area contributed by atoms with E-state index in [0.29, 0.717) is 17.4 Å². The molecule has 0 atom stereocenters. The Morgan fingerprint density at radius 1 is 1.21 bits per heavy atom. The molecule has 1 amide bonds. The fraction of sp³-hybridized carbons (Fsp3) is 0.333. The van der Waals surface area contributed by atoms with E-state index in [0.717, 1.165) is 21.7 Å². The van der Waals surface area contributed by atoms with E-state index >= 15 is 0 Å². The number of hydrogen-bond donors (Lipinski definition) is 2. The number of phenols is 1. The van der Waals surface area contributed by atoms with Gasteiger partial charge in [-0.05, 0) is 49.6 Å². The van der Waals surface area contributed by atoms with E-state index in [2.05, 4.69) is 4.98 Å². The fourth-order valence-electron chi connectivity index (χ4n) is 4.28. The van der Waals surface area contributed by atoms with Gasteiger partial charge in [0.05, 0.1) is 23.1 Å². The number of anilines is 1. The van der Waals surface area contributed by atoms with Crippen LogP contribution >= 0.6 is 0 Å². The van der Waals surface area contributed by atoms with Gasteiger partial charge in [0.1, 0.15) is 11.3 Å². The van der Waals surface area contributed by atoms with Crippen LogP contribution in [0.25, 0.3) is 10.9 Å². The normalized spacial score (nSPS) is 14.1. The third-order valence-electron chi connectivity index (χ3n) is 5.81. The Morgan fingerprint density at radius 2 is 1.85 bits per heavy atom. The molecule has 4 rings (SSSR count). The number of hydrogen-bond acceptors (Lipinski definition) is 6. The molecule has 2 heterocycles. The molecule has 2 aromatic carbocycles. The Bertz CT molecular complexity index is 1400. The minimum absolute atomic E-state index is 0.00156. The third kappa shape index (κ3) is 4.43. The predicted octanol–water partition coefficient (Wildman–Crippen LogP) is 2.79. The SMILES string of the molecule is CN(c1c2c(c(O)c3ncc(Cc4ccc(F)cc4)cc13)C(=O)N(CC(C)(C)O)C2)S(C)(=O)=O. The Balaban J connectivity index is 1.92. The molecule has 0 spiro atoms. The molecule has 0 fully saturated rings. The molecular weight excluding hydrogens is 461 g/mol. The molecule has 1 aliphatic rings. The number of β-amino-alcohol motifs (C(OH)–C–C–N with tert-alkyl or cyclic N) is 1. The number of carbonyl (C=O) groups excluding carboxylic acids is 1. The lowest BCUT2D eigenvalue weighted by molar-refractivity contribution is 0.0313. The van der Waals surface area contributed by atoms with Gasteiger partial charge in [-0.15, -0.1) is 0 Å². The number of phenolic OH excluding ortho intramolecular Hbond substituents is 1. The molecule has 1 aromatic heterocycles. The number of aliphatic hydroxyl groups is 1. The number of nitrogens with zero attached hydrogens (tertiary/aromatic N) is 3. The molecular formula is C24H26FN3O5S. The van der Waals surface area contributed by atoms with Crippen molar-refractivity contribution in [2.75, 3.05) is 24.2 Å². The van der Waals surface area contributed by atoms with Crippen LogP contribution in [0.4, 0.5) is 10.1 Å². The van der Waals surface area contributed by atoms with Gasteiger partial charge in [-0.25, -0.2) is 12.8 Å². The Hall–Kier alpha value is -3.24. The zero-order valence-corrected chi connectivity index (χ0v) is 20.1. The molecule has 34 heavy (non-hydrogen) atoms. The number of amides is 1. The highest BCUT2D eigenvalue weighted by Gasteiger charge is 2.38. The summed E-state index contributed by atoms with van der Waals surface area (Å²) in [5.41, 5.74) is 1.07. The summed E-state index contributed by atoms with van der Waals surface area (Å²) in [6.45, 7) is 3.15. The van der Waals surface area contributed by atoms with Crippen LogP contribution in [-0.4, -0.2) is 59.9 Å². The second-order valence-corrected chi connectivity index (χ2v) is 11.3. The van der Waals surface area contributed by atoms with E-state index in [1.54, 1.807) is 32.0 Å². The summed E-state index contributed by atoms with van der Waals surface area (Å²) in [4.78, 5) is 18.9. The molecule has 8 nitrogen and oxygen atoms in total. The molecule has 3 aromatic rings. The van der Waals surface area contributed by atoms with E-state index < -0.39 is 21.5 Å². The van der Waals surface area contributed by atoms with Crippen molar-refractivity contribution < 1.29 is 27.8 Å². The van der Waals surface area contributed by atoms with Crippen LogP contribution in [0, 0.1) is 5.82 Å². The van der Waals surface area contributed by atoms with Crippen molar-refractivity contribution in [3.05, 3.63) is 64.6 Å². The number of benzene rings is 2. The van der Waals surface area contributed by atoms with Gasteiger partial charge < -0.3 is 15.1 Å². The molecule has 0 radical (unpaired) electrons. The first kappa shape index (κ1) is 23.9. The van der Waals surface area contributed by atoms with Crippen LogP contribution in [0.5, 0.6) is 5.75 Å². The molecule has 0 unspecified atom stereocenters. The molecule has 10 heteroatoms. The largest absolute Gasteiger partial charge is 0.505 e. The molecule has 0 saturated carbocycles. The minimum atomic E-state index is -3.73. The first-order valence-electron chi connectivity index (χ1n) is 10.6. The molecule has 180 valence electrons. The summed E-state index contributed by atoms with van der Waals surface area (Å²) in [5, 5.41) is 21.6. The molecule has 2 N–H and O–H groups in total. The van der Waals surface area contributed by atoms with E-state index in [-0.39, 0.29) is 41.4 Å². The van der Waals surface area contributed by atoms with Gasteiger partial charge in [0.25, 0.3) is 5.91 Å². The average Bonchev–Trinajstić information content (AvgIpc) is 3.03. The number of carbonyl (C=O) groups is 1. The van der Waals surface area contributed by atoms with Gasteiger partial charge in [-0.2, -0.15) is 0 Å². The maximum atomic E-state index is 13.3. The summed E-state index contributed by atoms with van der Waals surface area (Å²) < 4.78 is 39.4. The summed E-state index contributed by atoms with van der Waals surface area (Å²) in [7, 11) is -2.34. The monoisotopic (exact) mass is 487 g/mol. The number of rotatable bonds is 6. The second kappa shape index (κ2) is 8.21. The molecule has 0 bridgehead atoms. The van der Waals surface area contributed by atoms with E-state index in [9.17, 15) is 27.8 Å². The number of aromatic nitrogens is 1. The third-order valence-corrected chi connectivity index (χ3v) is 6.99. The van der Waals surface area contributed by atoms with Gasteiger partial charge in [0.15, 0.2) is 5.75 Å². The zero-order valence-electron chi connectivity index (χ0n) is 19.3. The van der Waals surface area contributed by atoms with E-state index in [4.69, 9.17) is 0 Å². The summed E-state index contributed by atoms with van der Waals surface area (Å²) in [6.07, 6.45) is 3.00. The van der Waals surface area contributed by atoms with Gasteiger partial charge in [-0.1, -0.05) is 12.1 Å². The second-order valence-electron chi connectivity index (χ2n) is 9.30. The van der Waals surface area contributed by atoms with Crippen LogP contribution in [0.15, 0.2) is 36.5 Å². The van der Waals surface area contributed by atoms with Crippen molar-refractivity contribution in [3.63, 3.8) is 0 Å². The van der Waals surface area contributed by atoms with Crippen LogP contribution < -0.4 is 4.31 Å². The minimum Gasteiger partial charge on any atom is -0.505 e.